The Hall–Kier alpha value is -2.07. The minimum absolute atomic E-state index is 0.132. The predicted molar refractivity (Wildman–Crippen MR) is 76.3 cm³/mol. The van der Waals surface area contributed by atoms with Crippen LogP contribution < -0.4 is 0 Å². The number of furan rings is 1. The fourth-order valence-corrected chi connectivity index (χ4v) is 2.04. The van der Waals surface area contributed by atoms with Gasteiger partial charge in [-0.3, -0.25) is 9.69 Å². The summed E-state index contributed by atoms with van der Waals surface area (Å²) < 4.78 is 5.34. The van der Waals surface area contributed by atoms with E-state index in [1.54, 1.807) is 6.26 Å². The molecular formula is C16H19NO3. The van der Waals surface area contributed by atoms with Crippen LogP contribution in [-0.2, 0) is 17.9 Å². The molecule has 4 heteroatoms. The summed E-state index contributed by atoms with van der Waals surface area (Å²) in [6.07, 6.45) is 1.77. The van der Waals surface area contributed by atoms with Crippen molar-refractivity contribution >= 4 is 5.97 Å². The van der Waals surface area contributed by atoms with Crippen LogP contribution in [0.15, 0.2) is 47.1 Å². The standard InChI is InChI=1S/C16H19NO3/c1-13-4-6-14(7-5-13)11-17(9-8-16(18)19)12-15-3-2-10-20-15/h2-7,10H,8-9,11-12H2,1H3,(H,18,19). The minimum Gasteiger partial charge on any atom is -0.481 e. The van der Waals surface area contributed by atoms with Gasteiger partial charge in [-0.25, -0.2) is 0 Å². The molecular weight excluding hydrogens is 254 g/mol. The summed E-state index contributed by atoms with van der Waals surface area (Å²) in [5, 5.41) is 8.84. The zero-order valence-corrected chi connectivity index (χ0v) is 11.6. The Morgan fingerprint density at radius 1 is 1.20 bits per heavy atom. The molecule has 0 aliphatic carbocycles. The molecule has 0 fully saturated rings. The average Bonchev–Trinajstić information content (AvgIpc) is 2.91. The maximum atomic E-state index is 10.8. The Balaban J connectivity index is 2.01. The second-order valence-electron chi connectivity index (χ2n) is 4.92. The quantitative estimate of drug-likeness (QED) is 0.842. The second-order valence-corrected chi connectivity index (χ2v) is 4.92. The highest BCUT2D eigenvalue weighted by Crippen LogP contribution is 2.12. The van der Waals surface area contributed by atoms with Crippen molar-refractivity contribution in [1.29, 1.82) is 0 Å². The third-order valence-corrected chi connectivity index (χ3v) is 3.13. The van der Waals surface area contributed by atoms with Gasteiger partial charge in [-0.1, -0.05) is 29.8 Å². The maximum absolute atomic E-state index is 10.8. The second kappa shape index (κ2) is 6.91. The summed E-state index contributed by atoms with van der Waals surface area (Å²) in [5.74, 6) is 0.0702. The highest BCUT2D eigenvalue weighted by Gasteiger charge is 2.10. The first-order chi connectivity index (χ1) is 9.63. The SMILES string of the molecule is Cc1ccc(CN(CCC(=O)O)Cc2ccco2)cc1. The molecule has 4 nitrogen and oxygen atoms in total. The number of rotatable bonds is 7. The molecule has 0 spiro atoms. The average molecular weight is 273 g/mol. The van der Waals surface area contributed by atoms with Crippen molar-refractivity contribution in [3.05, 3.63) is 59.5 Å². The van der Waals surface area contributed by atoms with Crippen molar-refractivity contribution in [3.63, 3.8) is 0 Å². The fraction of sp³-hybridized carbons (Fsp3) is 0.312. The van der Waals surface area contributed by atoms with Gasteiger partial charge < -0.3 is 9.52 Å². The molecule has 0 atom stereocenters. The first-order valence-corrected chi connectivity index (χ1v) is 6.65. The van der Waals surface area contributed by atoms with Crippen molar-refractivity contribution in [1.82, 2.24) is 4.90 Å². The Bertz CT molecular complexity index is 531. The van der Waals surface area contributed by atoms with Gasteiger partial charge in [-0.2, -0.15) is 0 Å². The molecule has 2 aromatic rings. The first-order valence-electron chi connectivity index (χ1n) is 6.65. The molecule has 1 heterocycles. The van der Waals surface area contributed by atoms with Gasteiger partial charge in [0.25, 0.3) is 0 Å². The number of hydrogen-bond donors (Lipinski definition) is 1. The summed E-state index contributed by atoms with van der Waals surface area (Å²) in [4.78, 5) is 12.8. The highest BCUT2D eigenvalue weighted by atomic mass is 16.4. The molecule has 0 radical (unpaired) electrons. The fourth-order valence-electron chi connectivity index (χ4n) is 2.04. The van der Waals surface area contributed by atoms with E-state index in [0.717, 1.165) is 5.76 Å². The van der Waals surface area contributed by atoms with Crippen molar-refractivity contribution in [3.8, 4) is 0 Å². The van der Waals surface area contributed by atoms with Gasteiger partial charge in [0, 0.05) is 13.1 Å². The molecule has 0 unspecified atom stereocenters. The molecule has 0 saturated carbocycles. The summed E-state index contributed by atoms with van der Waals surface area (Å²) in [6.45, 7) is 3.89. The number of hydrogen-bond acceptors (Lipinski definition) is 3. The van der Waals surface area contributed by atoms with Gasteiger partial charge in [0.1, 0.15) is 5.76 Å². The van der Waals surface area contributed by atoms with Crippen LogP contribution in [0.2, 0.25) is 0 Å². The predicted octanol–water partition coefficient (Wildman–Crippen LogP) is 3.06. The minimum atomic E-state index is -0.779. The van der Waals surface area contributed by atoms with E-state index in [1.807, 2.05) is 12.1 Å². The van der Waals surface area contributed by atoms with E-state index in [9.17, 15) is 4.79 Å². The lowest BCUT2D eigenvalue weighted by molar-refractivity contribution is -0.137. The summed E-state index contributed by atoms with van der Waals surface area (Å²) in [7, 11) is 0. The van der Waals surface area contributed by atoms with Gasteiger partial charge in [0.05, 0.1) is 19.2 Å². The molecule has 0 amide bonds. The number of aryl methyl sites for hydroxylation is 1. The van der Waals surface area contributed by atoms with Gasteiger partial charge in [-0.15, -0.1) is 0 Å². The molecule has 1 aromatic carbocycles. The third kappa shape index (κ3) is 4.55. The van der Waals surface area contributed by atoms with Crippen LogP contribution in [0.5, 0.6) is 0 Å². The number of carboxylic acid groups (broad SMARTS) is 1. The van der Waals surface area contributed by atoms with Crippen LogP contribution in [0.25, 0.3) is 0 Å². The topological polar surface area (TPSA) is 53.7 Å². The van der Waals surface area contributed by atoms with E-state index < -0.39 is 5.97 Å². The Labute approximate surface area is 118 Å². The van der Waals surface area contributed by atoms with Crippen LogP contribution in [0, 0.1) is 6.92 Å². The lowest BCUT2D eigenvalue weighted by atomic mass is 10.1. The lowest BCUT2D eigenvalue weighted by Gasteiger charge is -2.20. The molecule has 0 aliphatic rings. The van der Waals surface area contributed by atoms with E-state index in [4.69, 9.17) is 9.52 Å². The maximum Gasteiger partial charge on any atom is 0.304 e. The van der Waals surface area contributed by atoms with E-state index in [2.05, 4.69) is 36.1 Å². The van der Waals surface area contributed by atoms with Crippen LogP contribution in [0.3, 0.4) is 0 Å². The van der Waals surface area contributed by atoms with Crippen molar-refractivity contribution in [2.24, 2.45) is 0 Å². The van der Waals surface area contributed by atoms with E-state index in [0.29, 0.717) is 19.6 Å². The largest absolute Gasteiger partial charge is 0.481 e. The first kappa shape index (κ1) is 14.3. The number of carboxylic acids is 1. The summed E-state index contributed by atoms with van der Waals surface area (Å²) >= 11 is 0. The number of carbonyl (C=O) groups is 1. The van der Waals surface area contributed by atoms with E-state index in [1.165, 1.54) is 11.1 Å². The van der Waals surface area contributed by atoms with Gasteiger partial charge in [-0.05, 0) is 24.6 Å². The normalized spacial score (nSPS) is 10.9. The monoisotopic (exact) mass is 273 g/mol. The third-order valence-electron chi connectivity index (χ3n) is 3.13. The molecule has 0 saturated heterocycles. The van der Waals surface area contributed by atoms with Crippen LogP contribution in [0.1, 0.15) is 23.3 Å². The highest BCUT2D eigenvalue weighted by molar-refractivity contribution is 5.66. The number of nitrogens with zero attached hydrogens (tertiary/aromatic N) is 1. The van der Waals surface area contributed by atoms with E-state index >= 15 is 0 Å². The van der Waals surface area contributed by atoms with E-state index in [-0.39, 0.29) is 6.42 Å². The summed E-state index contributed by atoms with van der Waals surface area (Å²) in [6, 6.07) is 12.0. The summed E-state index contributed by atoms with van der Waals surface area (Å²) in [5.41, 5.74) is 2.39. The van der Waals surface area contributed by atoms with Gasteiger partial charge in [0.15, 0.2) is 0 Å². The lowest BCUT2D eigenvalue weighted by Crippen LogP contribution is -2.25. The molecule has 20 heavy (non-hydrogen) atoms. The van der Waals surface area contributed by atoms with Crippen molar-refractivity contribution in [2.45, 2.75) is 26.4 Å². The molecule has 1 aromatic heterocycles. The molecule has 2 rings (SSSR count). The number of aliphatic carboxylic acids is 1. The molecule has 1 N–H and O–H groups in total. The van der Waals surface area contributed by atoms with Gasteiger partial charge in [0.2, 0.25) is 0 Å². The van der Waals surface area contributed by atoms with Crippen LogP contribution >= 0.6 is 0 Å². The van der Waals surface area contributed by atoms with Gasteiger partial charge >= 0.3 is 5.97 Å². The zero-order chi connectivity index (χ0) is 14.4. The smallest absolute Gasteiger partial charge is 0.304 e. The Kier molecular flexibility index (Phi) is 4.96. The van der Waals surface area contributed by atoms with Crippen LogP contribution in [0.4, 0.5) is 0 Å². The van der Waals surface area contributed by atoms with Crippen molar-refractivity contribution < 1.29 is 14.3 Å². The zero-order valence-electron chi connectivity index (χ0n) is 11.6. The molecule has 106 valence electrons. The molecule has 0 aliphatic heterocycles. The van der Waals surface area contributed by atoms with Crippen molar-refractivity contribution in [2.75, 3.05) is 6.54 Å². The van der Waals surface area contributed by atoms with Crippen LogP contribution in [-0.4, -0.2) is 22.5 Å². The number of benzene rings is 1. The Morgan fingerprint density at radius 2 is 1.95 bits per heavy atom. The molecule has 0 bridgehead atoms. The Morgan fingerprint density at radius 3 is 2.55 bits per heavy atom.